The first-order chi connectivity index (χ1) is 20.7. The van der Waals surface area contributed by atoms with Crippen LogP contribution in [0.25, 0.3) is 11.2 Å². The van der Waals surface area contributed by atoms with Crippen molar-refractivity contribution < 1.29 is 51.9 Å². The predicted molar refractivity (Wildman–Crippen MR) is 141 cm³/mol. The highest BCUT2D eigenvalue weighted by Crippen LogP contribution is 2.56. The Hall–Kier alpha value is -3.76. The second kappa shape index (κ2) is 10.7. The summed E-state index contributed by atoms with van der Waals surface area (Å²) < 4.78 is 84.2. The Kier molecular flexibility index (Phi) is 7.36. The minimum Gasteiger partial charge on any atom is -0.491 e. The Morgan fingerprint density at radius 2 is 1.77 bits per heavy atom. The van der Waals surface area contributed by atoms with Crippen molar-refractivity contribution in [3.63, 3.8) is 0 Å². The van der Waals surface area contributed by atoms with Gasteiger partial charge in [-0.3, -0.25) is 4.57 Å². The number of benzene rings is 2. The van der Waals surface area contributed by atoms with E-state index in [0.717, 1.165) is 6.07 Å². The molecule has 15 heteroatoms. The molecule has 0 spiro atoms. The molecule has 2 aliphatic rings. The molecule has 1 fully saturated rings. The third-order valence-corrected chi connectivity index (χ3v) is 8.23. The molecule has 0 radical (unpaired) electrons. The van der Waals surface area contributed by atoms with Crippen LogP contribution < -0.4 is 4.74 Å². The first-order valence-corrected chi connectivity index (χ1v) is 13.6. The number of alkyl halides is 5. The van der Waals surface area contributed by atoms with Crippen LogP contribution >= 0.6 is 0 Å². The summed E-state index contributed by atoms with van der Waals surface area (Å²) in [6.45, 7) is 1.24. The molecule has 2 aromatic heterocycles. The topological polar surface area (TPSA) is 143 Å². The van der Waals surface area contributed by atoms with E-state index in [4.69, 9.17) is 9.47 Å². The lowest BCUT2D eigenvalue weighted by Crippen LogP contribution is -2.44. The molecule has 6 atom stereocenters. The fourth-order valence-corrected chi connectivity index (χ4v) is 5.82. The zero-order chi connectivity index (χ0) is 31.6. The third kappa shape index (κ3) is 4.88. The summed E-state index contributed by atoms with van der Waals surface area (Å²) in [6, 6.07) is 8.02. The first kappa shape index (κ1) is 30.3. The Labute approximate surface area is 246 Å². The molecule has 2 aromatic carbocycles. The monoisotopic (exact) mass is 622 g/mol. The van der Waals surface area contributed by atoms with Gasteiger partial charge < -0.3 is 29.9 Å². The predicted octanol–water partition coefficient (Wildman–Crippen LogP) is 3.35. The molecular formula is C29H27F5N4O6. The average Bonchev–Trinajstić information content (AvgIpc) is 3.58. The smallest absolute Gasteiger partial charge is 0.416 e. The quantitative estimate of drug-likeness (QED) is 0.228. The minimum atomic E-state index is -4.82. The average molecular weight is 623 g/mol. The highest BCUT2D eigenvalue weighted by molar-refractivity contribution is 5.72. The lowest BCUT2D eigenvalue weighted by Gasteiger charge is -2.32. The van der Waals surface area contributed by atoms with E-state index in [1.54, 1.807) is 6.92 Å². The highest BCUT2D eigenvalue weighted by atomic mass is 19.4. The summed E-state index contributed by atoms with van der Waals surface area (Å²) in [5.74, 6) is -4.29. The van der Waals surface area contributed by atoms with E-state index >= 15 is 8.78 Å². The van der Waals surface area contributed by atoms with Crippen LogP contribution in [-0.4, -0.2) is 70.8 Å². The number of hydrogen-bond donors (Lipinski definition) is 4. The van der Waals surface area contributed by atoms with Gasteiger partial charge in [0.1, 0.15) is 48.6 Å². The normalized spacial score (nSPS) is 28.0. The number of nitrogens with zero attached hydrogens (tertiary/aromatic N) is 4. The van der Waals surface area contributed by atoms with Crippen LogP contribution in [0.1, 0.15) is 46.7 Å². The van der Waals surface area contributed by atoms with Crippen molar-refractivity contribution in [2.24, 2.45) is 0 Å². The van der Waals surface area contributed by atoms with Crippen molar-refractivity contribution in [2.75, 3.05) is 6.61 Å². The maximum atomic E-state index is 15.1. The number of aromatic nitrogens is 4. The van der Waals surface area contributed by atoms with Crippen molar-refractivity contribution in [2.45, 2.75) is 68.1 Å². The summed E-state index contributed by atoms with van der Waals surface area (Å²) in [7, 11) is 0. The fraction of sp³-hybridized carbons (Fsp3) is 0.414. The van der Waals surface area contributed by atoms with Crippen LogP contribution in [-0.2, 0) is 22.9 Å². The van der Waals surface area contributed by atoms with Crippen LogP contribution in [0.15, 0.2) is 55.1 Å². The molecule has 0 saturated carbocycles. The van der Waals surface area contributed by atoms with E-state index in [0.29, 0.717) is 22.9 Å². The van der Waals surface area contributed by atoms with Gasteiger partial charge in [-0.25, -0.2) is 15.0 Å². The van der Waals surface area contributed by atoms with Crippen LogP contribution in [0, 0.1) is 6.92 Å². The van der Waals surface area contributed by atoms with Crippen LogP contribution in [0.2, 0.25) is 0 Å². The highest BCUT2D eigenvalue weighted by Gasteiger charge is 2.64. The van der Waals surface area contributed by atoms with Gasteiger partial charge in [-0.15, -0.1) is 0 Å². The zero-order valence-corrected chi connectivity index (χ0v) is 23.0. The standard InChI is InChI=1S/C29H27F5N4O6/c1-14-21-25(36-12-35-14)38(13-37-21)26-23(40)22(39)20(44-26)11-43-17-9-15(8-16(10-17)29(32,33)34)6-7-27(42)19-5-3-2-4-18(19)24(41)28(27,30)31/h2-5,8-10,12-13,20,22-24,26,39-42H,6-7,11H2,1H3/t20-,22-,23-,24+,26-,27+/m1/s1. The third-order valence-electron chi connectivity index (χ3n) is 8.23. The number of aryl methyl sites for hydroxylation is 2. The number of aliphatic hydroxyl groups excluding tert-OH is 3. The molecule has 0 unspecified atom stereocenters. The summed E-state index contributed by atoms with van der Waals surface area (Å²) in [5, 5.41) is 42.5. The largest absolute Gasteiger partial charge is 0.491 e. The van der Waals surface area contributed by atoms with Gasteiger partial charge in [0.15, 0.2) is 17.5 Å². The molecule has 3 heterocycles. The Morgan fingerprint density at radius 3 is 2.52 bits per heavy atom. The van der Waals surface area contributed by atoms with Gasteiger partial charge in [0, 0.05) is 0 Å². The van der Waals surface area contributed by atoms with E-state index < -0.39 is 73.4 Å². The van der Waals surface area contributed by atoms with Crippen molar-refractivity contribution in [1.29, 1.82) is 0 Å². The summed E-state index contributed by atoms with van der Waals surface area (Å²) in [4.78, 5) is 12.4. The molecule has 1 aliphatic heterocycles. The molecule has 4 N–H and O–H groups in total. The maximum absolute atomic E-state index is 15.1. The minimum absolute atomic E-state index is 0.0661. The van der Waals surface area contributed by atoms with Crippen molar-refractivity contribution in [3.05, 3.63) is 83.1 Å². The second-order valence-electron chi connectivity index (χ2n) is 11.0. The molecular weight excluding hydrogens is 595 g/mol. The Morgan fingerprint density at radius 1 is 1.02 bits per heavy atom. The number of aliphatic hydroxyl groups is 4. The summed E-state index contributed by atoms with van der Waals surface area (Å²) in [6.07, 6.45) is -10.8. The van der Waals surface area contributed by atoms with E-state index in [-0.39, 0.29) is 22.4 Å². The number of hydrogen-bond acceptors (Lipinski definition) is 9. The van der Waals surface area contributed by atoms with Gasteiger partial charge >= 0.3 is 12.1 Å². The van der Waals surface area contributed by atoms with E-state index in [1.165, 1.54) is 47.6 Å². The molecule has 44 heavy (non-hydrogen) atoms. The Balaban J connectivity index is 1.21. The van der Waals surface area contributed by atoms with Crippen molar-refractivity contribution in [3.8, 4) is 5.75 Å². The number of halogens is 5. The van der Waals surface area contributed by atoms with E-state index in [2.05, 4.69) is 15.0 Å². The van der Waals surface area contributed by atoms with Crippen LogP contribution in [0.4, 0.5) is 22.0 Å². The molecule has 6 rings (SSSR count). The molecule has 234 valence electrons. The van der Waals surface area contributed by atoms with Crippen LogP contribution in [0.3, 0.4) is 0 Å². The molecule has 4 aromatic rings. The van der Waals surface area contributed by atoms with Crippen molar-refractivity contribution in [1.82, 2.24) is 19.5 Å². The molecule has 1 aliphatic carbocycles. The van der Waals surface area contributed by atoms with E-state index in [1.807, 2.05) is 0 Å². The number of fused-ring (bicyclic) bond motifs is 2. The molecule has 10 nitrogen and oxygen atoms in total. The van der Waals surface area contributed by atoms with Crippen LogP contribution in [0.5, 0.6) is 5.75 Å². The maximum Gasteiger partial charge on any atom is 0.416 e. The van der Waals surface area contributed by atoms with Gasteiger partial charge in [0.2, 0.25) is 0 Å². The number of imidazole rings is 1. The Bertz CT molecular complexity index is 1700. The van der Waals surface area contributed by atoms with Gasteiger partial charge in [0.05, 0.1) is 17.6 Å². The lowest BCUT2D eigenvalue weighted by molar-refractivity contribution is -0.226. The van der Waals surface area contributed by atoms with E-state index in [9.17, 15) is 33.6 Å². The van der Waals surface area contributed by atoms with Gasteiger partial charge in [-0.1, -0.05) is 24.3 Å². The number of rotatable bonds is 7. The molecule has 0 bridgehead atoms. The second-order valence-corrected chi connectivity index (χ2v) is 11.0. The molecule has 1 saturated heterocycles. The lowest BCUT2D eigenvalue weighted by atomic mass is 9.86. The summed E-state index contributed by atoms with van der Waals surface area (Å²) in [5.41, 5.74) is -3.01. The van der Waals surface area contributed by atoms with Gasteiger partial charge in [-0.05, 0) is 54.7 Å². The zero-order valence-electron chi connectivity index (χ0n) is 23.0. The summed E-state index contributed by atoms with van der Waals surface area (Å²) >= 11 is 0. The van der Waals surface area contributed by atoms with Gasteiger partial charge in [-0.2, -0.15) is 22.0 Å². The number of ether oxygens (including phenoxy) is 2. The molecule has 0 amide bonds. The first-order valence-electron chi connectivity index (χ1n) is 13.6. The fourth-order valence-electron chi connectivity index (χ4n) is 5.82. The van der Waals surface area contributed by atoms with Crippen molar-refractivity contribution >= 4 is 11.2 Å². The SMILES string of the molecule is Cc1ncnc2c1ncn2[C@@H]1O[C@H](COc2cc(CC[C@]3(O)c4ccccc4[C@H](O)C3(F)F)cc(C(F)(F)F)c2)[C@@H](O)[C@H]1O. The van der Waals surface area contributed by atoms with Gasteiger partial charge in [0.25, 0.3) is 0 Å².